The summed E-state index contributed by atoms with van der Waals surface area (Å²) in [6.07, 6.45) is 7.59. The maximum absolute atomic E-state index is 2.30. The average molecular weight is 607 g/mol. The Morgan fingerprint density at radius 1 is 0.511 bits per heavy atom. The Bertz CT molecular complexity index is 1270. The monoisotopic (exact) mass is 607 g/mol. The molecule has 0 spiro atoms. The third-order valence-electron chi connectivity index (χ3n) is 7.99. The second-order valence-electron chi connectivity index (χ2n) is 14.4. The second kappa shape index (κ2) is 21.6. The lowest BCUT2D eigenvalue weighted by atomic mass is 9.87. The molecule has 0 amide bonds. The van der Waals surface area contributed by atoms with E-state index in [1.54, 1.807) is 0 Å². The van der Waals surface area contributed by atoms with Crippen LogP contribution in [0, 0.1) is 33.6 Å². The van der Waals surface area contributed by atoms with Crippen molar-refractivity contribution in [1.82, 2.24) is 0 Å². The lowest BCUT2D eigenvalue weighted by Crippen LogP contribution is -2.10. The van der Waals surface area contributed by atoms with Gasteiger partial charge in [-0.2, -0.15) is 0 Å². The standard InChI is InChI=1S/C12H18.3C11H16/c1-4-5-11(3)12-8-6-10(2)7-9-12;1-9-5-7-10(8-6-9)11(2,3)4;1-9(2)8-11-6-4-10(3)5-7-11;1-3-4-5-11-8-6-10(2)7-9-11/h6-9,11H,4-5H2,1-3H3;5-8H,1-4H3;4-7,9H,8H2,1-3H3;6-9H,3-5H2,1-2H3. The summed E-state index contributed by atoms with van der Waals surface area (Å²) in [5.41, 5.74) is 11.5. The van der Waals surface area contributed by atoms with Crippen LogP contribution in [-0.4, -0.2) is 0 Å². The fourth-order valence-electron chi connectivity index (χ4n) is 4.88. The number of rotatable bonds is 8. The van der Waals surface area contributed by atoms with Gasteiger partial charge >= 0.3 is 0 Å². The van der Waals surface area contributed by atoms with Crippen molar-refractivity contribution in [3.63, 3.8) is 0 Å². The largest absolute Gasteiger partial charge is 0.0654 e. The molecule has 0 aliphatic heterocycles. The highest BCUT2D eigenvalue weighted by Crippen LogP contribution is 2.22. The van der Waals surface area contributed by atoms with Gasteiger partial charge in [-0.3, -0.25) is 0 Å². The van der Waals surface area contributed by atoms with Gasteiger partial charge in [0, 0.05) is 0 Å². The molecule has 0 heterocycles. The first-order valence-electron chi connectivity index (χ1n) is 17.5. The van der Waals surface area contributed by atoms with Crippen LogP contribution in [0.3, 0.4) is 0 Å². The van der Waals surface area contributed by atoms with Crippen LogP contribution in [0.5, 0.6) is 0 Å². The Morgan fingerprint density at radius 3 is 1.29 bits per heavy atom. The highest BCUT2D eigenvalue weighted by atomic mass is 14.2. The van der Waals surface area contributed by atoms with Gasteiger partial charge in [-0.25, -0.2) is 0 Å². The number of hydrogen-bond donors (Lipinski definition) is 0. The van der Waals surface area contributed by atoms with E-state index in [4.69, 9.17) is 0 Å². The van der Waals surface area contributed by atoms with Crippen molar-refractivity contribution in [2.75, 3.05) is 0 Å². The molecule has 1 unspecified atom stereocenters. The molecule has 0 nitrogen and oxygen atoms in total. The SMILES string of the molecule is CCCC(C)c1ccc(C)cc1.CCCCc1ccc(C)cc1.Cc1ccc(C(C)(C)C)cc1.Cc1ccc(CC(C)C)cc1. The van der Waals surface area contributed by atoms with E-state index in [2.05, 4.69) is 180 Å². The molecule has 0 heteroatoms. The van der Waals surface area contributed by atoms with E-state index in [9.17, 15) is 0 Å². The third-order valence-corrected chi connectivity index (χ3v) is 7.99. The van der Waals surface area contributed by atoms with Crippen LogP contribution in [0.25, 0.3) is 0 Å². The van der Waals surface area contributed by atoms with Crippen molar-refractivity contribution >= 4 is 0 Å². The lowest BCUT2D eigenvalue weighted by Gasteiger charge is -2.18. The predicted molar refractivity (Wildman–Crippen MR) is 204 cm³/mol. The zero-order chi connectivity index (χ0) is 33.8. The van der Waals surface area contributed by atoms with Crippen LogP contribution in [0.1, 0.15) is 131 Å². The molecule has 0 aliphatic rings. The minimum atomic E-state index is 0.285. The third kappa shape index (κ3) is 18.4. The van der Waals surface area contributed by atoms with Crippen LogP contribution in [0.4, 0.5) is 0 Å². The van der Waals surface area contributed by atoms with Crippen molar-refractivity contribution in [2.24, 2.45) is 5.92 Å². The molecule has 0 N–H and O–H groups in total. The zero-order valence-corrected chi connectivity index (χ0v) is 31.1. The molecular formula is C45H66. The summed E-state index contributed by atoms with van der Waals surface area (Å²) < 4.78 is 0. The molecule has 4 rings (SSSR count). The molecule has 45 heavy (non-hydrogen) atoms. The fourth-order valence-corrected chi connectivity index (χ4v) is 4.88. The van der Waals surface area contributed by atoms with E-state index in [0.717, 1.165) is 11.8 Å². The fraction of sp³-hybridized carbons (Fsp3) is 0.467. The number of hydrogen-bond acceptors (Lipinski definition) is 0. The van der Waals surface area contributed by atoms with Gasteiger partial charge in [-0.1, -0.05) is 188 Å². The maximum atomic E-state index is 2.30. The Morgan fingerprint density at radius 2 is 0.911 bits per heavy atom. The predicted octanol–water partition coefficient (Wildman–Crippen LogP) is 13.7. The number of unbranched alkanes of at least 4 members (excludes halogenated alkanes) is 1. The minimum Gasteiger partial charge on any atom is -0.0654 e. The first-order valence-corrected chi connectivity index (χ1v) is 17.5. The van der Waals surface area contributed by atoms with Gasteiger partial charge in [0.2, 0.25) is 0 Å². The molecule has 4 aromatic carbocycles. The molecule has 0 saturated carbocycles. The second-order valence-corrected chi connectivity index (χ2v) is 14.4. The molecule has 0 fully saturated rings. The average Bonchev–Trinajstić information content (AvgIpc) is 2.99. The Balaban J connectivity index is 0.000000300. The molecule has 1 atom stereocenters. The minimum absolute atomic E-state index is 0.285. The summed E-state index contributed by atoms with van der Waals surface area (Å²) in [5.74, 6) is 1.48. The van der Waals surface area contributed by atoms with E-state index in [0.29, 0.717) is 0 Å². The highest BCUT2D eigenvalue weighted by Gasteiger charge is 2.12. The van der Waals surface area contributed by atoms with Gasteiger partial charge in [0.25, 0.3) is 0 Å². The Labute approximate surface area is 279 Å². The van der Waals surface area contributed by atoms with Crippen molar-refractivity contribution in [2.45, 2.75) is 133 Å². The summed E-state index contributed by atoms with van der Waals surface area (Å²) in [6, 6.07) is 35.2. The Hall–Kier alpha value is -3.12. The molecule has 0 aromatic heterocycles. The molecule has 4 aromatic rings. The topological polar surface area (TPSA) is 0 Å². The van der Waals surface area contributed by atoms with E-state index < -0.39 is 0 Å². The zero-order valence-electron chi connectivity index (χ0n) is 31.1. The van der Waals surface area contributed by atoms with Gasteiger partial charge < -0.3 is 0 Å². The molecule has 246 valence electrons. The summed E-state index contributed by atoms with van der Waals surface area (Å²) in [7, 11) is 0. The van der Waals surface area contributed by atoms with Crippen molar-refractivity contribution in [1.29, 1.82) is 0 Å². The van der Waals surface area contributed by atoms with Crippen LogP contribution in [0.15, 0.2) is 97.1 Å². The van der Waals surface area contributed by atoms with Gasteiger partial charge in [0.05, 0.1) is 0 Å². The lowest BCUT2D eigenvalue weighted by molar-refractivity contribution is 0.590. The van der Waals surface area contributed by atoms with Crippen LogP contribution >= 0.6 is 0 Å². The van der Waals surface area contributed by atoms with Crippen molar-refractivity contribution < 1.29 is 0 Å². The van der Waals surface area contributed by atoms with Crippen LogP contribution < -0.4 is 0 Å². The van der Waals surface area contributed by atoms with Gasteiger partial charge in [-0.15, -0.1) is 0 Å². The maximum Gasteiger partial charge on any atom is -0.0132 e. The smallest absolute Gasteiger partial charge is 0.0132 e. The summed E-state index contributed by atoms with van der Waals surface area (Å²) in [6.45, 7) is 26.5. The van der Waals surface area contributed by atoms with Crippen LogP contribution in [0.2, 0.25) is 0 Å². The van der Waals surface area contributed by atoms with Gasteiger partial charge in [0.1, 0.15) is 0 Å². The summed E-state index contributed by atoms with van der Waals surface area (Å²) >= 11 is 0. The summed E-state index contributed by atoms with van der Waals surface area (Å²) in [4.78, 5) is 0. The van der Waals surface area contributed by atoms with E-state index in [1.165, 1.54) is 83.0 Å². The first-order chi connectivity index (χ1) is 21.2. The quantitative estimate of drug-likeness (QED) is 0.187. The van der Waals surface area contributed by atoms with Crippen molar-refractivity contribution in [3.8, 4) is 0 Å². The molecule has 0 aliphatic carbocycles. The number of benzene rings is 4. The first kappa shape index (κ1) is 39.9. The van der Waals surface area contributed by atoms with E-state index in [1.807, 2.05) is 0 Å². The van der Waals surface area contributed by atoms with Gasteiger partial charge in [0.15, 0.2) is 0 Å². The molecular weight excluding hydrogens is 540 g/mol. The van der Waals surface area contributed by atoms with Crippen molar-refractivity contribution in [3.05, 3.63) is 142 Å². The van der Waals surface area contributed by atoms with Gasteiger partial charge in [-0.05, 0) is 92.9 Å². The van der Waals surface area contributed by atoms with Crippen LogP contribution in [-0.2, 0) is 18.3 Å². The number of aryl methyl sites for hydroxylation is 5. The highest BCUT2D eigenvalue weighted by molar-refractivity contribution is 5.27. The summed E-state index contributed by atoms with van der Waals surface area (Å²) in [5, 5.41) is 0. The molecule has 0 bridgehead atoms. The van der Waals surface area contributed by atoms with E-state index in [-0.39, 0.29) is 5.41 Å². The van der Waals surface area contributed by atoms with E-state index >= 15 is 0 Å². The Kier molecular flexibility index (Phi) is 19.1. The normalized spacial score (nSPS) is 11.3. The molecule has 0 saturated heterocycles. The molecule has 0 radical (unpaired) electrons.